The molecule has 3 heterocycles. The van der Waals surface area contributed by atoms with Crippen molar-refractivity contribution in [3.8, 4) is 0 Å². The van der Waals surface area contributed by atoms with Crippen LogP contribution in [0.3, 0.4) is 0 Å². The van der Waals surface area contributed by atoms with E-state index >= 15 is 0 Å². The number of carbonyl (C=O) groups is 4. The highest BCUT2D eigenvalue weighted by atomic mass is 16.7. The first-order chi connectivity index (χ1) is 29.5. The fraction of sp³-hybridized carbons (Fsp3) is 0.583. The monoisotopic (exact) mass is 888 g/mol. The lowest BCUT2D eigenvalue weighted by Gasteiger charge is -2.36. The van der Waals surface area contributed by atoms with Gasteiger partial charge in [-0.05, 0) is 140 Å². The number of pyridine rings is 1. The predicted molar refractivity (Wildman–Crippen MR) is 246 cm³/mol. The van der Waals surface area contributed by atoms with Crippen LogP contribution in [0.5, 0.6) is 0 Å². The number of piperazine rings is 1. The zero-order valence-electron chi connectivity index (χ0n) is 40.5. The maximum Gasteiger partial charge on any atom is 0.509 e. The predicted octanol–water partition coefficient (Wildman–Crippen LogP) is 10.2. The quantitative estimate of drug-likeness (QED) is 0.109. The molecule has 0 bridgehead atoms. The molecule has 1 fully saturated rings. The van der Waals surface area contributed by atoms with Gasteiger partial charge in [-0.15, -0.1) is 0 Å². The summed E-state index contributed by atoms with van der Waals surface area (Å²) in [6.45, 7) is 29.5. The topological polar surface area (TPSA) is 164 Å². The normalized spacial score (nSPS) is 14.1. The molecular formula is C48H68N6O10. The first-order valence-corrected chi connectivity index (χ1v) is 21.9. The molecule has 0 saturated carbocycles. The Morgan fingerprint density at radius 1 is 0.656 bits per heavy atom. The molecule has 0 atom stereocenters. The van der Waals surface area contributed by atoms with E-state index in [4.69, 9.17) is 38.4 Å². The average Bonchev–Trinajstić information content (AvgIpc) is 3.48. The minimum atomic E-state index is -1.14. The van der Waals surface area contributed by atoms with Crippen molar-refractivity contribution < 1.29 is 47.6 Å². The number of benzene rings is 2. The summed E-state index contributed by atoms with van der Waals surface area (Å²) in [5.74, 6) is 0.346. The van der Waals surface area contributed by atoms with Crippen LogP contribution < -0.4 is 9.80 Å². The maximum absolute atomic E-state index is 14.1. The summed E-state index contributed by atoms with van der Waals surface area (Å²) in [7, 11) is 0. The smallest absolute Gasteiger partial charge is 0.444 e. The number of hydrogen-bond acceptors (Lipinski definition) is 13. The van der Waals surface area contributed by atoms with Gasteiger partial charge < -0.3 is 42.8 Å². The van der Waals surface area contributed by atoms with Crippen LogP contribution in [0.25, 0.3) is 21.9 Å². The summed E-state index contributed by atoms with van der Waals surface area (Å²) in [5.41, 5.74) is -0.208. The summed E-state index contributed by atoms with van der Waals surface area (Å²) in [6.07, 6.45) is -2.57. The van der Waals surface area contributed by atoms with E-state index in [1.54, 1.807) is 81.1 Å². The average molecular weight is 889 g/mol. The number of nitrogens with zero attached hydrogens (tertiary/aromatic N) is 6. The highest BCUT2D eigenvalue weighted by Crippen LogP contribution is 2.36. The molecule has 0 unspecified atom stereocenters. The van der Waals surface area contributed by atoms with E-state index in [-0.39, 0.29) is 30.6 Å². The van der Waals surface area contributed by atoms with E-state index < -0.39 is 46.3 Å². The molecule has 5 rings (SSSR count). The molecule has 16 nitrogen and oxygen atoms in total. The molecule has 2 aromatic carbocycles. The molecule has 350 valence electrons. The zero-order chi connectivity index (χ0) is 47.6. The molecule has 0 radical (unpaired) electrons. The van der Waals surface area contributed by atoms with Crippen molar-refractivity contribution in [3.05, 3.63) is 59.4 Å². The molecule has 0 aliphatic carbocycles. The summed E-state index contributed by atoms with van der Waals surface area (Å²) < 4.78 is 36.3. The molecule has 1 saturated heterocycles. The van der Waals surface area contributed by atoms with Gasteiger partial charge in [0.05, 0.1) is 17.6 Å². The van der Waals surface area contributed by atoms with Gasteiger partial charge in [0.1, 0.15) is 46.0 Å². The Kier molecular flexibility index (Phi) is 14.5. The lowest BCUT2D eigenvalue weighted by Crippen LogP contribution is -2.50. The van der Waals surface area contributed by atoms with Gasteiger partial charge in [-0.1, -0.05) is 24.3 Å². The minimum Gasteiger partial charge on any atom is -0.444 e. The Labute approximate surface area is 377 Å². The van der Waals surface area contributed by atoms with Gasteiger partial charge in [-0.25, -0.2) is 29.1 Å². The largest absolute Gasteiger partial charge is 0.509 e. The highest BCUT2D eigenvalue weighted by molar-refractivity contribution is 6.17. The minimum absolute atomic E-state index is 0.0566. The number of imide groups is 1. The van der Waals surface area contributed by atoms with Gasteiger partial charge in [-0.3, -0.25) is 0 Å². The first-order valence-electron chi connectivity index (χ1n) is 21.9. The van der Waals surface area contributed by atoms with Gasteiger partial charge in [-0.2, -0.15) is 4.90 Å². The van der Waals surface area contributed by atoms with Crippen LogP contribution in [-0.2, 0) is 48.0 Å². The second-order valence-corrected chi connectivity index (χ2v) is 20.7. The maximum atomic E-state index is 14.1. The number of anilines is 2. The Bertz CT molecular complexity index is 2290. The Hall–Kier alpha value is -5.64. The Morgan fingerprint density at radius 2 is 1.20 bits per heavy atom. The van der Waals surface area contributed by atoms with E-state index in [1.165, 1.54) is 0 Å². The van der Waals surface area contributed by atoms with Crippen molar-refractivity contribution in [2.45, 2.75) is 151 Å². The van der Waals surface area contributed by atoms with Gasteiger partial charge in [0.15, 0.2) is 5.82 Å². The van der Waals surface area contributed by atoms with Crippen LogP contribution in [-0.4, -0.2) is 105 Å². The van der Waals surface area contributed by atoms with Gasteiger partial charge in [0.25, 0.3) is 0 Å². The van der Waals surface area contributed by atoms with Gasteiger partial charge >= 0.3 is 24.4 Å². The third-order valence-electron chi connectivity index (χ3n) is 9.53. The molecule has 2 aromatic heterocycles. The van der Waals surface area contributed by atoms with Crippen LogP contribution >= 0.6 is 0 Å². The lowest BCUT2D eigenvalue weighted by atomic mass is 10.0. The fourth-order valence-corrected chi connectivity index (χ4v) is 7.01. The van der Waals surface area contributed by atoms with E-state index in [1.807, 2.05) is 50.5 Å². The number of rotatable bonds is 10. The van der Waals surface area contributed by atoms with E-state index in [0.29, 0.717) is 61.5 Å². The number of imidazole rings is 1. The number of amides is 3. The fourth-order valence-electron chi connectivity index (χ4n) is 7.01. The van der Waals surface area contributed by atoms with E-state index in [9.17, 15) is 19.2 Å². The molecule has 0 spiro atoms. The van der Waals surface area contributed by atoms with Gasteiger partial charge in [0, 0.05) is 43.9 Å². The standard InChI is InChI=1S/C48H68N6O10/c1-16-59-29-36-50-37-38(53(36)30-48(14,15)64-43(58)63-47(11,12)13)34-22-19-32(28-35(34)49-39(37)54(41(56)61-45(5,6)7)42(57)62-46(8,9)10)27-31-17-20-33(21-18-31)51-23-25-52(26-24-51)40(55)60-44(2,3)4/h17-22,28H,16,23-27,29-30H2,1-15H3. The molecule has 0 N–H and O–H groups in total. The SMILES string of the molecule is CCOCc1nc2c(N(C(=O)OC(C)(C)C)C(=O)OC(C)(C)C)nc3cc(Cc4ccc(N5CCN(C(=O)OC(C)(C)C)CC5)cc4)ccc3c2n1CC(C)(C)OC(=O)OC(C)(C)C. The van der Waals surface area contributed by atoms with Crippen molar-refractivity contribution in [2.24, 2.45) is 0 Å². The molecule has 16 heteroatoms. The summed E-state index contributed by atoms with van der Waals surface area (Å²) in [6, 6.07) is 14.2. The summed E-state index contributed by atoms with van der Waals surface area (Å²) in [5, 5.41) is 0.667. The number of carbonyl (C=O) groups excluding carboxylic acids is 4. The zero-order valence-corrected chi connectivity index (χ0v) is 40.5. The second kappa shape index (κ2) is 18.8. The molecule has 64 heavy (non-hydrogen) atoms. The Morgan fingerprint density at radius 3 is 1.73 bits per heavy atom. The number of aromatic nitrogens is 3. The van der Waals surface area contributed by atoms with Crippen LogP contribution in [0.15, 0.2) is 42.5 Å². The molecule has 4 aromatic rings. The third kappa shape index (κ3) is 13.4. The van der Waals surface area contributed by atoms with Crippen molar-refractivity contribution in [3.63, 3.8) is 0 Å². The van der Waals surface area contributed by atoms with E-state index in [2.05, 4.69) is 29.2 Å². The summed E-state index contributed by atoms with van der Waals surface area (Å²) in [4.78, 5) is 68.7. The summed E-state index contributed by atoms with van der Waals surface area (Å²) >= 11 is 0. The van der Waals surface area contributed by atoms with Gasteiger partial charge in [0.2, 0.25) is 0 Å². The van der Waals surface area contributed by atoms with Crippen molar-refractivity contribution in [1.82, 2.24) is 19.4 Å². The van der Waals surface area contributed by atoms with E-state index in [0.717, 1.165) is 21.7 Å². The molecule has 1 aliphatic rings. The second-order valence-electron chi connectivity index (χ2n) is 20.7. The first kappa shape index (κ1) is 49.4. The number of hydrogen-bond donors (Lipinski definition) is 0. The Balaban J connectivity index is 1.60. The highest BCUT2D eigenvalue weighted by Gasteiger charge is 2.38. The van der Waals surface area contributed by atoms with Crippen LogP contribution in [0, 0.1) is 0 Å². The molecule has 3 amide bonds. The third-order valence-corrected chi connectivity index (χ3v) is 9.53. The van der Waals surface area contributed by atoms with Crippen molar-refractivity contribution >= 4 is 57.9 Å². The molecule has 1 aliphatic heterocycles. The van der Waals surface area contributed by atoms with Crippen molar-refractivity contribution in [2.75, 3.05) is 42.6 Å². The molecular weight excluding hydrogens is 821 g/mol. The van der Waals surface area contributed by atoms with Crippen LogP contribution in [0.1, 0.15) is 121 Å². The lowest BCUT2D eigenvalue weighted by molar-refractivity contribution is -0.0584. The van der Waals surface area contributed by atoms with Crippen LogP contribution in [0.4, 0.5) is 30.7 Å². The van der Waals surface area contributed by atoms with Crippen molar-refractivity contribution in [1.29, 1.82) is 0 Å². The number of ether oxygens (including phenoxy) is 6. The number of fused-ring (bicyclic) bond motifs is 3. The van der Waals surface area contributed by atoms with Crippen LogP contribution in [0.2, 0.25) is 0 Å².